The van der Waals surface area contributed by atoms with Crippen LogP contribution in [-0.2, 0) is 9.47 Å². The Balaban J connectivity index is 2.42. The Morgan fingerprint density at radius 2 is 1.75 bits per heavy atom. The highest BCUT2D eigenvalue weighted by Crippen LogP contribution is 2.24. The Labute approximate surface area is 72.1 Å². The van der Waals surface area contributed by atoms with Crippen molar-refractivity contribution in [1.29, 1.82) is 0 Å². The van der Waals surface area contributed by atoms with Crippen molar-refractivity contribution in [3.8, 4) is 0 Å². The van der Waals surface area contributed by atoms with Gasteiger partial charge in [0.15, 0.2) is 6.29 Å². The molecule has 0 amide bonds. The minimum Gasteiger partial charge on any atom is -0.396 e. The zero-order valence-electron chi connectivity index (χ0n) is 7.32. The summed E-state index contributed by atoms with van der Waals surface area (Å²) in [6.45, 7) is 2.52. The zero-order valence-corrected chi connectivity index (χ0v) is 7.32. The van der Waals surface area contributed by atoms with Crippen molar-refractivity contribution in [2.24, 2.45) is 5.41 Å². The Morgan fingerprint density at radius 3 is 2.08 bits per heavy atom. The van der Waals surface area contributed by atoms with Gasteiger partial charge in [0, 0.05) is 0 Å². The lowest BCUT2D eigenvalue weighted by Gasteiger charge is -2.36. The molecule has 0 saturated carbocycles. The summed E-state index contributed by atoms with van der Waals surface area (Å²) in [5, 5.41) is 18.0. The summed E-state index contributed by atoms with van der Waals surface area (Å²) in [5.74, 6) is 0. The highest BCUT2D eigenvalue weighted by atomic mass is 16.7. The molecule has 0 aromatic heterocycles. The average molecular weight is 176 g/mol. The van der Waals surface area contributed by atoms with E-state index in [0.29, 0.717) is 13.2 Å². The third-order valence-corrected chi connectivity index (χ3v) is 2.15. The molecule has 0 spiro atoms. The maximum atomic E-state index is 8.98. The summed E-state index contributed by atoms with van der Waals surface area (Å²) < 4.78 is 10.6. The topological polar surface area (TPSA) is 58.9 Å². The molecule has 4 heteroatoms. The molecule has 4 nitrogen and oxygen atoms in total. The van der Waals surface area contributed by atoms with Gasteiger partial charge in [-0.05, 0) is 6.42 Å². The van der Waals surface area contributed by atoms with E-state index in [2.05, 4.69) is 0 Å². The molecule has 12 heavy (non-hydrogen) atoms. The highest BCUT2D eigenvalue weighted by Gasteiger charge is 2.35. The van der Waals surface area contributed by atoms with Crippen LogP contribution in [-0.4, -0.2) is 42.9 Å². The van der Waals surface area contributed by atoms with Gasteiger partial charge in [0.25, 0.3) is 0 Å². The SMILES string of the molecule is CCC1OCC(CO)(CO)CO1. The molecule has 1 heterocycles. The van der Waals surface area contributed by atoms with Gasteiger partial charge in [-0.25, -0.2) is 0 Å². The molecule has 1 rings (SSSR count). The van der Waals surface area contributed by atoms with Gasteiger partial charge < -0.3 is 19.7 Å². The van der Waals surface area contributed by atoms with Gasteiger partial charge >= 0.3 is 0 Å². The molecule has 1 aliphatic heterocycles. The first-order valence-corrected chi connectivity index (χ1v) is 4.21. The lowest BCUT2D eigenvalue weighted by atomic mass is 9.92. The number of ether oxygens (including phenoxy) is 2. The van der Waals surface area contributed by atoms with Crippen molar-refractivity contribution in [3.63, 3.8) is 0 Å². The molecule has 1 saturated heterocycles. The quantitative estimate of drug-likeness (QED) is 0.622. The van der Waals surface area contributed by atoms with Crippen molar-refractivity contribution in [2.45, 2.75) is 19.6 Å². The summed E-state index contributed by atoms with van der Waals surface area (Å²) in [6, 6.07) is 0. The summed E-state index contributed by atoms with van der Waals surface area (Å²) in [7, 11) is 0. The number of rotatable bonds is 3. The Kier molecular flexibility index (Phi) is 3.46. The first-order chi connectivity index (χ1) is 5.76. The van der Waals surface area contributed by atoms with Crippen LogP contribution in [0, 0.1) is 5.41 Å². The van der Waals surface area contributed by atoms with Gasteiger partial charge in [0.2, 0.25) is 0 Å². The molecular formula is C8H16O4. The van der Waals surface area contributed by atoms with Crippen molar-refractivity contribution in [1.82, 2.24) is 0 Å². The smallest absolute Gasteiger partial charge is 0.157 e. The summed E-state index contributed by atoms with van der Waals surface area (Å²) in [4.78, 5) is 0. The lowest BCUT2D eigenvalue weighted by Crippen LogP contribution is -2.46. The van der Waals surface area contributed by atoms with Crippen LogP contribution in [0.2, 0.25) is 0 Å². The van der Waals surface area contributed by atoms with Crippen LogP contribution in [0.4, 0.5) is 0 Å². The molecule has 0 unspecified atom stereocenters. The van der Waals surface area contributed by atoms with Crippen LogP contribution < -0.4 is 0 Å². The fourth-order valence-electron chi connectivity index (χ4n) is 1.10. The zero-order chi connectivity index (χ0) is 9.03. The maximum absolute atomic E-state index is 8.98. The first-order valence-electron chi connectivity index (χ1n) is 4.21. The van der Waals surface area contributed by atoms with Gasteiger partial charge in [0.05, 0.1) is 31.8 Å². The van der Waals surface area contributed by atoms with E-state index in [9.17, 15) is 0 Å². The predicted octanol–water partition coefficient (Wildman–Crippen LogP) is -0.260. The van der Waals surface area contributed by atoms with Crippen molar-refractivity contribution < 1.29 is 19.7 Å². The fraction of sp³-hybridized carbons (Fsp3) is 1.00. The number of aliphatic hydroxyl groups is 2. The van der Waals surface area contributed by atoms with E-state index in [-0.39, 0.29) is 19.5 Å². The van der Waals surface area contributed by atoms with Gasteiger partial charge in [0.1, 0.15) is 0 Å². The minimum atomic E-state index is -0.592. The average Bonchev–Trinajstić information content (AvgIpc) is 2.18. The molecule has 0 bridgehead atoms. The van der Waals surface area contributed by atoms with E-state index in [1.54, 1.807) is 0 Å². The number of hydrogen-bond donors (Lipinski definition) is 2. The minimum absolute atomic E-state index is 0.0973. The molecule has 0 aromatic rings. The van der Waals surface area contributed by atoms with E-state index < -0.39 is 5.41 Å². The molecule has 2 N–H and O–H groups in total. The van der Waals surface area contributed by atoms with E-state index in [4.69, 9.17) is 19.7 Å². The monoisotopic (exact) mass is 176 g/mol. The van der Waals surface area contributed by atoms with Crippen molar-refractivity contribution in [3.05, 3.63) is 0 Å². The third kappa shape index (κ3) is 1.95. The van der Waals surface area contributed by atoms with Crippen LogP contribution in [0.1, 0.15) is 13.3 Å². The van der Waals surface area contributed by atoms with E-state index in [1.807, 2.05) is 6.92 Å². The molecule has 1 aliphatic rings. The van der Waals surface area contributed by atoms with Crippen LogP contribution in [0.15, 0.2) is 0 Å². The Bertz CT molecular complexity index is 123. The second-order valence-corrected chi connectivity index (χ2v) is 3.28. The van der Waals surface area contributed by atoms with Crippen LogP contribution in [0.25, 0.3) is 0 Å². The molecule has 0 atom stereocenters. The highest BCUT2D eigenvalue weighted by molar-refractivity contribution is 4.79. The lowest BCUT2D eigenvalue weighted by molar-refractivity contribution is -0.244. The predicted molar refractivity (Wildman–Crippen MR) is 42.6 cm³/mol. The molecule has 1 fully saturated rings. The Hall–Kier alpha value is -0.160. The standard InChI is InChI=1S/C8H16O4/c1-2-7-11-5-8(3-9,4-10)6-12-7/h7,9-10H,2-6H2,1H3. The molecule has 0 radical (unpaired) electrons. The summed E-state index contributed by atoms with van der Waals surface area (Å²) >= 11 is 0. The molecular weight excluding hydrogens is 160 g/mol. The van der Waals surface area contributed by atoms with Crippen LogP contribution >= 0.6 is 0 Å². The van der Waals surface area contributed by atoms with Crippen LogP contribution in [0.3, 0.4) is 0 Å². The number of hydrogen-bond acceptors (Lipinski definition) is 4. The maximum Gasteiger partial charge on any atom is 0.157 e. The third-order valence-electron chi connectivity index (χ3n) is 2.15. The van der Waals surface area contributed by atoms with Gasteiger partial charge in [-0.1, -0.05) is 6.92 Å². The summed E-state index contributed by atoms with van der Waals surface area (Å²) in [5.41, 5.74) is -0.592. The van der Waals surface area contributed by atoms with Gasteiger partial charge in [-0.15, -0.1) is 0 Å². The largest absolute Gasteiger partial charge is 0.396 e. The Morgan fingerprint density at radius 1 is 1.25 bits per heavy atom. The normalized spacial score (nSPS) is 24.2. The first kappa shape index (κ1) is 9.92. The van der Waals surface area contributed by atoms with Crippen molar-refractivity contribution in [2.75, 3.05) is 26.4 Å². The van der Waals surface area contributed by atoms with Gasteiger partial charge in [-0.3, -0.25) is 0 Å². The second kappa shape index (κ2) is 4.18. The van der Waals surface area contributed by atoms with E-state index in [1.165, 1.54) is 0 Å². The second-order valence-electron chi connectivity index (χ2n) is 3.28. The number of aliphatic hydroxyl groups excluding tert-OH is 2. The van der Waals surface area contributed by atoms with E-state index >= 15 is 0 Å². The summed E-state index contributed by atoms with van der Waals surface area (Å²) in [6.07, 6.45) is 0.628. The van der Waals surface area contributed by atoms with E-state index in [0.717, 1.165) is 6.42 Å². The van der Waals surface area contributed by atoms with Gasteiger partial charge in [-0.2, -0.15) is 0 Å². The van der Waals surface area contributed by atoms with Crippen LogP contribution in [0.5, 0.6) is 0 Å². The molecule has 72 valence electrons. The van der Waals surface area contributed by atoms with Crippen molar-refractivity contribution >= 4 is 0 Å². The molecule has 0 aliphatic carbocycles. The molecule has 0 aromatic carbocycles. The fourth-order valence-corrected chi connectivity index (χ4v) is 1.10.